The lowest BCUT2D eigenvalue weighted by Gasteiger charge is -2.24. The predicted octanol–water partition coefficient (Wildman–Crippen LogP) is 3.74. The summed E-state index contributed by atoms with van der Waals surface area (Å²) < 4.78 is 0. The Labute approximate surface area is 127 Å². The first-order chi connectivity index (χ1) is 9.69. The summed E-state index contributed by atoms with van der Waals surface area (Å²) in [5.74, 6) is 6.86. The summed E-state index contributed by atoms with van der Waals surface area (Å²) in [7, 11) is 0. The molecule has 0 bridgehead atoms. The van der Waals surface area contributed by atoms with Crippen LogP contribution in [0.1, 0.15) is 48.8 Å². The third-order valence-electron chi connectivity index (χ3n) is 4.37. The van der Waals surface area contributed by atoms with Crippen LogP contribution < -0.4 is 11.3 Å². The van der Waals surface area contributed by atoms with E-state index >= 15 is 0 Å². The van der Waals surface area contributed by atoms with E-state index in [9.17, 15) is 0 Å². The smallest absolute Gasteiger partial charge is 0.0341 e. The van der Waals surface area contributed by atoms with Crippen molar-refractivity contribution in [3.8, 4) is 0 Å². The zero-order valence-corrected chi connectivity index (χ0v) is 13.6. The van der Waals surface area contributed by atoms with E-state index in [1.165, 1.54) is 48.8 Å². The second-order valence-electron chi connectivity index (χ2n) is 6.08. The highest BCUT2D eigenvalue weighted by Crippen LogP contribution is 2.28. The fourth-order valence-corrected chi connectivity index (χ4v) is 4.25. The monoisotopic (exact) mass is 292 g/mol. The van der Waals surface area contributed by atoms with Gasteiger partial charge in [0.05, 0.1) is 0 Å². The molecule has 3 heteroatoms. The maximum Gasteiger partial charge on any atom is 0.0341 e. The van der Waals surface area contributed by atoms with Crippen LogP contribution in [0.5, 0.6) is 0 Å². The van der Waals surface area contributed by atoms with Gasteiger partial charge in [-0.1, -0.05) is 37.5 Å². The first kappa shape index (κ1) is 15.9. The van der Waals surface area contributed by atoms with E-state index in [0.717, 1.165) is 17.4 Å². The molecule has 1 aromatic carbocycles. The van der Waals surface area contributed by atoms with Gasteiger partial charge in [-0.05, 0) is 49.8 Å². The molecule has 0 radical (unpaired) electrons. The summed E-state index contributed by atoms with van der Waals surface area (Å²) in [5, 5.41) is 0.861. The molecule has 0 aliphatic heterocycles. The maximum absolute atomic E-state index is 5.74. The lowest BCUT2D eigenvalue weighted by Crippen LogP contribution is -2.39. The minimum atomic E-state index is 0.379. The highest BCUT2D eigenvalue weighted by Gasteiger charge is 2.16. The van der Waals surface area contributed by atoms with Gasteiger partial charge in [0.15, 0.2) is 0 Å². The van der Waals surface area contributed by atoms with Crippen molar-refractivity contribution in [1.82, 2.24) is 5.43 Å². The van der Waals surface area contributed by atoms with E-state index in [-0.39, 0.29) is 0 Å². The number of hydrazine groups is 1. The van der Waals surface area contributed by atoms with Crippen LogP contribution in [0.4, 0.5) is 0 Å². The molecule has 1 aliphatic carbocycles. The van der Waals surface area contributed by atoms with Gasteiger partial charge in [0, 0.05) is 17.0 Å². The summed E-state index contributed by atoms with van der Waals surface area (Å²) >= 11 is 2.11. The molecule has 1 saturated carbocycles. The lowest BCUT2D eigenvalue weighted by atomic mass is 10.0. The first-order valence-electron chi connectivity index (χ1n) is 7.83. The Morgan fingerprint density at radius 1 is 1.20 bits per heavy atom. The molecule has 0 aromatic heterocycles. The summed E-state index contributed by atoms with van der Waals surface area (Å²) in [6, 6.07) is 7.12. The minimum absolute atomic E-state index is 0.379. The number of nitrogens with one attached hydrogen (secondary N) is 1. The van der Waals surface area contributed by atoms with Crippen LogP contribution in [0.15, 0.2) is 18.2 Å². The van der Waals surface area contributed by atoms with Crippen LogP contribution in [0, 0.1) is 13.8 Å². The Morgan fingerprint density at radius 2 is 1.95 bits per heavy atom. The fourth-order valence-electron chi connectivity index (χ4n) is 2.87. The largest absolute Gasteiger partial charge is 0.271 e. The zero-order chi connectivity index (χ0) is 14.4. The van der Waals surface area contributed by atoms with E-state index in [1.807, 2.05) is 0 Å². The molecule has 1 unspecified atom stereocenters. The van der Waals surface area contributed by atoms with E-state index in [0.29, 0.717) is 6.04 Å². The second-order valence-corrected chi connectivity index (χ2v) is 7.41. The number of thioether (sulfide) groups is 1. The SMILES string of the molecule is Cc1ccc(CC(CSC2CCCCC2)NN)cc1C. The Bertz CT molecular complexity index is 413. The van der Waals surface area contributed by atoms with E-state index in [2.05, 4.69) is 49.2 Å². The number of benzene rings is 1. The molecule has 1 aliphatic rings. The Balaban J connectivity index is 1.83. The molecule has 112 valence electrons. The maximum atomic E-state index is 5.74. The highest BCUT2D eigenvalue weighted by molar-refractivity contribution is 7.99. The fraction of sp³-hybridized carbons (Fsp3) is 0.647. The second kappa shape index (κ2) is 8.06. The Kier molecular flexibility index (Phi) is 6.40. The molecule has 2 rings (SSSR count). The average molecular weight is 292 g/mol. The molecule has 3 N–H and O–H groups in total. The van der Waals surface area contributed by atoms with Gasteiger partial charge < -0.3 is 0 Å². The van der Waals surface area contributed by atoms with E-state index in [1.54, 1.807) is 0 Å². The predicted molar refractivity (Wildman–Crippen MR) is 90.1 cm³/mol. The molecule has 0 amide bonds. The highest BCUT2D eigenvalue weighted by atomic mass is 32.2. The quantitative estimate of drug-likeness (QED) is 0.619. The molecule has 1 aromatic rings. The number of aryl methyl sites for hydroxylation is 2. The normalized spacial score (nSPS) is 18.1. The Morgan fingerprint density at radius 3 is 2.60 bits per heavy atom. The molecule has 0 saturated heterocycles. The van der Waals surface area contributed by atoms with Crippen molar-refractivity contribution in [2.45, 2.75) is 63.7 Å². The van der Waals surface area contributed by atoms with Crippen LogP contribution in [-0.2, 0) is 6.42 Å². The summed E-state index contributed by atoms with van der Waals surface area (Å²) in [4.78, 5) is 0. The summed E-state index contributed by atoms with van der Waals surface area (Å²) in [5.41, 5.74) is 7.13. The number of hydrogen-bond acceptors (Lipinski definition) is 3. The van der Waals surface area contributed by atoms with Crippen LogP contribution >= 0.6 is 11.8 Å². The molecule has 0 heterocycles. The average Bonchev–Trinajstić information content (AvgIpc) is 2.48. The van der Waals surface area contributed by atoms with Gasteiger partial charge in [0.1, 0.15) is 0 Å². The van der Waals surface area contributed by atoms with E-state index < -0.39 is 0 Å². The van der Waals surface area contributed by atoms with Gasteiger partial charge in [-0.2, -0.15) is 11.8 Å². The lowest BCUT2D eigenvalue weighted by molar-refractivity contribution is 0.513. The minimum Gasteiger partial charge on any atom is -0.271 e. The van der Waals surface area contributed by atoms with Gasteiger partial charge in [-0.15, -0.1) is 0 Å². The number of nitrogens with two attached hydrogens (primary N) is 1. The van der Waals surface area contributed by atoms with Crippen LogP contribution in [0.25, 0.3) is 0 Å². The van der Waals surface area contributed by atoms with Crippen molar-refractivity contribution in [3.05, 3.63) is 34.9 Å². The van der Waals surface area contributed by atoms with Crippen LogP contribution in [-0.4, -0.2) is 17.0 Å². The molecular formula is C17H28N2S. The molecule has 1 fully saturated rings. The van der Waals surface area contributed by atoms with Crippen LogP contribution in [0.2, 0.25) is 0 Å². The van der Waals surface area contributed by atoms with Gasteiger partial charge in [0.25, 0.3) is 0 Å². The van der Waals surface area contributed by atoms with Gasteiger partial charge >= 0.3 is 0 Å². The molecular weight excluding hydrogens is 264 g/mol. The van der Waals surface area contributed by atoms with Crippen molar-refractivity contribution in [1.29, 1.82) is 0 Å². The third kappa shape index (κ3) is 4.80. The third-order valence-corrected chi connectivity index (χ3v) is 5.91. The Hall–Kier alpha value is -0.510. The van der Waals surface area contributed by atoms with E-state index in [4.69, 9.17) is 5.84 Å². The van der Waals surface area contributed by atoms with Crippen molar-refractivity contribution < 1.29 is 0 Å². The molecule has 1 atom stereocenters. The molecule has 0 spiro atoms. The topological polar surface area (TPSA) is 38.0 Å². The summed E-state index contributed by atoms with van der Waals surface area (Å²) in [6.07, 6.45) is 8.07. The molecule has 2 nitrogen and oxygen atoms in total. The molecule has 20 heavy (non-hydrogen) atoms. The van der Waals surface area contributed by atoms with Crippen LogP contribution in [0.3, 0.4) is 0 Å². The standard InChI is InChI=1S/C17H28N2S/c1-13-8-9-15(10-14(13)2)11-16(19-18)12-20-17-6-4-3-5-7-17/h8-10,16-17,19H,3-7,11-12,18H2,1-2H3. The number of hydrogen-bond donors (Lipinski definition) is 2. The van der Waals surface area contributed by atoms with Crippen molar-refractivity contribution in [2.24, 2.45) is 5.84 Å². The van der Waals surface area contributed by atoms with Gasteiger partial charge in [0.2, 0.25) is 0 Å². The first-order valence-corrected chi connectivity index (χ1v) is 8.88. The van der Waals surface area contributed by atoms with Crippen molar-refractivity contribution in [2.75, 3.05) is 5.75 Å². The summed E-state index contributed by atoms with van der Waals surface area (Å²) in [6.45, 7) is 4.34. The number of rotatable bonds is 6. The van der Waals surface area contributed by atoms with Gasteiger partial charge in [-0.25, -0.2) is 0 Å². The van der Waals surface area contributed by atoms with Crippen molar-refractivity contribution in [3.63, 3.8) is 0 Å². The zero-order valence-electron chi connectivity index (χ0n) is 12.8. The van der Waals surface area contributed by atoms with Crippen molar-refractivity contribution >= 4 is 11.8 Å². The van der Waals surface area contributed by atoms with Gasteiger partial charge in [-0.3, -0.25) is 11.3 Å².